The second kappa shape index (κ2) is 21.9. The highest BCUT2D eigenvalue weighted by Crippen LogP contribution is 2.49. The molecule has 0 saturated heterocycles. The molecule has 106 heavy (non-hydrogen) atoms. The fourth-order valence-electron chi connectivity index (χ4n) is 17.6. The molecule has 0 radical (unpaired) electrons. The smallest absolute Gasteiger partial charge is 0.235 e. The SMILES string of the molecule is c1ccc(-n2c3ccccc3c3cc4c(cc32)c2ccccc2n4-c2nc(-c3cccc4ccccc34)c3sc4c(-c5ccc6cc(-n7c8ccccc8c8cc9c(cc87)c7ccccc7n9-c7nc(-c8cccc9ccccc89)c8sc9ccccc9c8n7)c7ccccc7c6c5)cccc4c3n2)nc1. The van der Waals surface area contributed by atoms with E-state index in [1.54, 1.807) is 22.7 Å². The molecule has 0 saturated carbocycles. The Kier molecular flexibility index (Phi) is 12.0. The average Bonchev–Trinajstić information content (AvgIpc) is 1.55. The van der Waals surface area contributed by atoms with Crippen LogP contribution in [-0.2, 0) is 0 Å². The molecule has 0 aliphatic carbocycles. The molecule has 0 amide bonds. The maximum atomic E-state index is 5.82. The van der Waals surface area contributed by atoms with Gasteiger partial charge >= 0.3 is 0 Å². The zero-order valence-corrected chi connectivity index (χ0v) is 58.1. The molecule has 0 unspecified atom stereocenters. The van der Waals surface area contributed by atoms with Gasteiger partial charge in [-0.1, -0.05) is 237 Å². The van der Waals surface area contributed by atoms with Gasteiger partial charge in [0.1, 0.15) is 5.82 Å². The van der Waals surface area contributed by atoms with Crippen LogP contribution in [0.5, 0.6) is 0 Å². The topological polar surface area (TPSA) is 84.2 Å². The summed E-state index contributed by atoms with van der Waals surface area (Å²) in [5, 5.41) is 20.6. The summed E-state index contributed by atoms with van der Waals surface area (Å²) in [4.78, 5) is 27.8. The second-order valence-corrected chi connectivity index (χ2v) is 29.9. The average molecular weight is 1380 g/mol. The van der Waals surface area contributed by atoms with Crippen molar-refractivity contribution in [2.75, 3.05) is 0 Å². The molecule has 24 aromatic rings. The Hall–Kier alpha value is -13.7. The molecule has 0 bridgehead atoms. The molecule has 0 aliphatic rings. The Balaban J connectivity index is 0.694. The predicted octanol–water partition coefficient (Wildman–Crippen LogP) is 25.4. The van der Waals surface area contributed by atoms with Crippen molar-refractivity contribution in [3.8, 4) is 57.0 Å². The maximum Gasteiger partial charge on any atom is 0.235 e. The third-order valence-corrected chi connectivity index (χ3v) is 24.6. The van der Waals surface area contributed by atoms with Gasteiger partial charge in [-0.2, -0.15) is 0 Å². The first-order valence-electron chi connectivity index (χ1n) is 35.8. The summed E-state index contributed by atoms with van der Waals surface area (Å²) in [6, 6.07) is 115. The molecular formula is C95H53N9S2. The molecule has 0 aliphatic heterocycles. The number of hydrogen-bond donors (Lipinski definition) is 0. The first kappa shape index (κ1) is 57.9. The lowest BCUT2D eigenvalue weighted by atomic mass is 9.95. The number of aromatic nitrogens is 9. The standard InChI is InChI=1S/C95H53N9S2/c1-3-26-58-54(22-1)24-19-36-67(58)87-92-89(69-34-11-16-43-85(69)105-92)99-94(97-87)103-78-41-14-9-32-65(78)74-50-81-72(52-83(74)103)63-30-7-12-39-76(63)101(81)80-49-57-46-45-56(48-71(57)61-28-5-6-29-62(61)80)60-35-21-38-70-90-93(106-91(60)70)88(68-37-20-25-55-23-2-4-27-59(55)68)98-95(100-90)104-79-42-15-10-33-66(79)75-51-82-73(53-84(75)104)64-31-8-13-40-77(64)102(82)86-44-17-18-47-96-86/h1-53H. The van der Waals surface area contributed by atoms with Gasteiger partial charge in [-0.25, -0.2) is 24.9 Å². The van der Waals surface area contributed by atoms with Crippen molar-refractivity contribution < 1.29 is 0 Å². The highest BCUT2D eigenvalue weighted by Gasteiger charge is 2.28. The van der Waals surface area contributed by atoms with Gasteiger partial charge in [0.05, 0.1) is 81.6 Å². The largest absolute Gasteiger partial charge is 0.309 e. The fraction of sp³-hybridized carbons (Fsp3) is 0. The van der Waals surface area contributed by atoms with Crippen LogP contribution >= 0.6 is 22.7 Å². The summed E-state index contributed by atoms with van der Waals surface area (Å²) in [6.45, 7) is 0. The van der Waals surface area contributed by atoms with E-state index in [-0.39, 0.29) is 0 Å². The zero-order chi connectivity index (χ0) is 69.0. The minimum atomic E-state index is 0.620. The van der Waals surface area contributed by atoms with E-state index >= 15 is 0 Å². The maximum absolute atomic E-state index is 5.82. The van der Waals surface area contributed by atoms with Crippen molar-refractivity contribution in [1.29, 1.82) is 0 Å². The lowest BCUT2D eigenvalue weighted by molar-refractivity contribution is 1.02. The summed E-state index contributed by atoms with van der Waals surface area (Å²) in [6.07, 6.45) is 1.87. The number of benzene rings is 15. The molecule has 24 rings (SSSR count). The molecular weight excluding hydrogens is 1330 g/mol. The van der Waals surface area contributed by atoms with Gasteiger partial charge in [0.2, 0.25) is 11.9 Å². The lowest BCUT2D eigenvalue weighted by Crippen LogP contribution is -2.03. The van der Waals surface area contributed by atoms with E-state index in [9.17, 15) is 0 Å². The van der Waals surface area contributed by atoms with Crippen LogP contribution in [0.15, 0.2) is 322 Å². The number of pyridine rings is 1. The monoisotopic (exact) mass is 1380 g/mol. The van der Waals surface area contributed by atoms with Crippen molar-refractivity contribution in [1.82, 2.24) is 43.2 Å². The molecule has 490 valence electrons. The van der Waals surface area contributed by atoms with E-state index in [4.69, 9.17) is 24.9 Å². The summed E-state index contributed by atoms with van der Waals surface area (Å²) in [7, 11) is 0. The lowest BCUT2D eigenvalue weighted by Gasteiger charge is -2.15. The van der Waals surface area contributed by atoms with Crippen molar-refractivity contribution in [3.63, 3.8) is 0 Å². The number of hydrogen-bond acceptors (Lipinski definition) is 7. The second-order valence-electron chi connectivity index (χ2n) is 27.8. The van der Waals surface area contributed by atoms with Crippen LogP contribution < -0.4 is 0 Å². The number of rotatable bonds is 7. The van der Waals surface area contributed by atoms with Crippen molar-refractivity contribution >= 4 is 194 Å². The number of para-hydroxylation sites is 4. The third-order valence-electron chi connectivity index (χ3n) is 22.2. The molecule has 0 atom stereocenters. The normalized spacial score (nSPS) is 12.3. The van der Waals surface area contributed by atoms with Crippen molar-refractivity contribution in [3.05, 3.63) is 322 Å². The van der Waals surface area contributed by atoms with Gasteiger partial charge in [-0.3, -0.25) is 13.7 Å². The van der Waals surface area contributed by atoms with Crippen LogP contribution in [0.3, 0.4) is 0 Å². The van der Waals surface area contributed by atoms with Crippen molar-refractivity contribution in [2.24, 2.45) is 0 Å². The number of fused-ring (bicyclic) bond motifs is 23. The molecule has 9 heterocycles. The molecule has 0 fully saturated rings. The third kappa shape index (κ3) is 8.14. The molecule has 0 N–H and O–H groups in total. The van der Waals surface area contributed by atoms with Gasteiger partial charge in [0.25, 0.3) is 0 Å². The first-order chi connectivity index (χ1) is 52.6. The van der Waals surface area contributed by atoms with E-state index < -0.39 is 0 Å². The molecule has 9 aromatic heterocycles. The van der Waals surface area contributed by atoms with Crippen molar-refractivity contribution in [2.45, 2.75) is 0 Å². The molecule has 9 nitrogen and oxygen atoms in total. The quantitative estimate of drug-likeness (QED) is 0.148. The Bertz CT molecular complexity index is 7980. The summed E-state index contributed by atoms with van der Waals surface area (Å²) < 4.78 is 13.9. The molecule has 15 aromatic carbocycles. The van der Waals surface area contributed by atoms with Gasteiger partial charge < -0.3 is 4.57 Å². The highest BCUT2D eigenvalue weighted by molar-refractivity contribution is 7.27. The predicted molar refractivity (Wildman–Crippen MR) is 445 cm³/mol. The Labute approximate surface area is 611 Å². The Morgan fingerprint density at radius 3 is 1.25 bits per heavy atom. The van der Waals surface area contributed by atoms with Crippen LogP contribution in [0.25, 0.3) is 228 Å². The van der Waals surface area contributed by atoms with Crippen LogP contribution in [0.4, 0.5) is 0 Å². The zero-order valence-electron chi connectivity index (χ0n) is 56.4. The minimum absolute atomic E-state index is 0.620. The first-order valence-corrected chi connectivity index (χ1v) is 37.4. The fourth-order valence-corrected chi connectivity index (χ4v) is 20.0. The Morgan fingerprint density at radius 1 is 0.236 bits per heavy atom. The van der Waals surface area contributed by atoms with E-state index in [0.29, 0.717) is 11.9 Å². The molecule has 11 heteroatoms. The van der Waals surface area contributed by atoms with Crippen LogP contribution in [0, 0.1) is 0 Å². The molecule has 0 spiro atoms. The van der Waals surface area contributed by atoms with E-state index in [1.807, 2.05) is 12.3 Å². The van der Waals surface area contributed by atoms with E-state index in [0.717, 1.165) is 190 Å². The number of nitrogens with zero attached hydrogens (tertiary/aromatic N) is 9. The van der Waals surface area contributed by atoms with Crippen LogP contribution in [0.2, 0.25) is 0 Å². The van der Waals surface area contributed by atoms with E-state index in [2.05, 4.69) is 328 Å². The summed E-state index contributed by atoms with van der Waals surface area (Å²) in [5.41, 5.74) is 17.9. The van der Waals surface area contributed by atoms with Gasteiger partial charge in [-0.15, -0.1) is 22.7 Å². The summed E-state index contributed by atoms with van der Waals surface area (Å²) >= 11 is 3.56. The van der Waals surface area contributed by atoms with Gasteiger partial charge in [0.15, 0.2) is 0 Å². The number of thiophene rings is 2. The highest BCUT2D eigenvalue weighted by atomic mass is 32.1. The van der Waals surface area contributed by atoms with Crippen LogP contribution in [-0.4, -0.2) is 43.2 Å². The minimum Gasteiger partial charge on any atom is -0.309 e. The van der Waals surface area contributed by atoms with Gasteiger partial charge in [0, 0.05) is 86.0 Å². The van der Waals surface area contributed by atoms with Gasteiger partial charge in [-0.05, 0) is 128 Å². The summed E-state index contributed by atoms with van der Waals surface area (Å²) in [5.74, 6) is 2.14. The van der Waals surface area contributed by atoms with Crippen LogP contribution in [0.1, 0.15) is 0 Å². The van der Waals surface area contributed by atoms with E-state index in [1.165, 1.54) is 26.2 Å². The Morgan fingerprint density at radius 2 is 0.670 bits per heavy atom.